The number of rotatable bonds is 1. The van der Waals surface area contributed by atoms with Crippen LogP contribution in [0.5, 0.6) is 0 Å². The van der Waals surface area contributed by atoms with Crippen molar-refractivity contribution in [1.82, 2.24) is 10.2 Å². The molecule has 6 heteroatoms. The number of hydrogen-bond acceptors (Lipinski definition) is 5. The SMILES string of the molecule is CC1(C)OB(c2ccnnc2N)OC1(C)C. The number of anilines is 1. The van der Waals surface area contributed by atoms with Gasteiger partial charge >= 0.3 is 7.12 Å². The third kappa shape index (κ3) is 1.68. The maximum atomic E-state index is 5.86. The zero-order valence-corrected chi connectivity index (χ0v) is 10.0. The molecular formula is C10H16BN3O2. The summed E-state index contributed by atoms with van der Waals surface area (Å²) in [4.78, 5) is 0. The van der Waals surface area contributed by atoms with Gasteiger partial charge in [-0.05, 0) is 33.8 Å². The van der Waals surface area contributed by atoms with Crippen molar-refractivity contribution < 1.29 is 9.31 Å². The number of hydrogen-bond donors (Lipinski definition) is 1. The van der Waals surface area contributed by atoms with Crippen LogP contribution >= 0.6 is 0 Å². The van der Waals surface area contributed by atoms with Gasteiger partial charge in [-0.25, -0.2) is 0 Å². The Kier molecular flexibility index (Phi) is 2.43. The molecule has 86 valence electrons. The van der Waals surface area contributed by atoms with Gasteiger partial charge in [-0.2, -0.15) is 5.10 Å². The van der Waals surface area contributed by atoms with E-state index in [-0.39, 0.29) is 11.2 Å². The lowest BCUT2D eigenvalue weighted by Crippen LogP contribution is -2.41. The van der Waals surface area contributed by atoms with E-state index in [4.69, 9.17) is 15.0 Å². The minimum absolute atomic E-state index is 0.348. The Hall–Kier alpha value is -1.14. The number of nitrogens with two attached hydrogens (primary N) is 1. The van der Waals surface area contributed by atoms with E-state index in [9.17, 15) is 0 Å². The second-order valence-electron chi connectivity index (χ2n) is 4.96. The quantitative estimate of drug-likeness (QED) is 0.693. The molecule has 1 aliphatic rings. The number of aromatic nitrogens is 2. The van der Waals surface area contributed by atoms with Crippen molar-refractivity contribution in [2.75, 3.05) is 5.73 Å². The first-order valence-corrected chi connectivity index (χ1v) is 5.26. The van der Waals surface area contributed by atoms with Gasteiger partial charge in [0.1, 0.15) is 5.82 Å². The van der Waals surface area contributed by atoms with Gasteiger partial charge in [0.2, 0.25) is 0 Å². The van der Waals surface area contributed by atoms with Gasteiger partial charge < -0.3 is 15.0 Å². The summed E-state index contributed by atoms with van der Waals surface area (Å²) in [5.41, 5.74) is 5.74. The lowest BCUT2D eigenvalue weighted by atomic mass is 9.80. The van der Waals surface area contributed by atoms with Gasteiger partial charge in [-0.15, -0.1) is 5.10 Å². The highest BCUT2D eigenvalue weighted by Gasteiger charge is 2.52. The molecule has 0 unspecified atom stereocenters. The normalized spacial score (nSPS) is 22.4. The summed E-state index contributed by atoms with van der Waals surface area (Å²) in [6, 6.07) is 1.77. The monoisotopic (exact) mass is 221 g/mol. The van der Waals surface area contributed by atoms with E-state index < -0.39 is 7.12 Å². The Labute approximate surface area is 95.5 Å². The van der Waals surface area contributed by atoms with E-state index in [1.54, 1.807) is 12.3 Å². The Morgan fingerprint density at radius 1 is 1.19 bits per heavy atom. The first-order chi connectivity index (χ1) is 7.33. The number of nitrogen functional groups attached to an aromatic ring is 1. The molecular weight excluding hydrogens is 205 g/mol. The first-order valence-electron chi connectivity index (χ1n) is 5.26. The van der Waals surface area contributed by atoms with Gasteiger partial charge in [0.25, 0.3) is 0 Å². The second-order valence-corrected chi connectivity index (χ2v) is 4.96. The predicted molar refractivity (Wildman–Crippen MR) is 62.2 cm³/mol. The summed E-state index contributed by atoms with van der Waals surface area (Å²) in [6.45, 7) is 7.99. The largest absolute Gasteiger partial charge is 0.498 e. The van der Waals surface area contributed by atoms with Crippen LogP contribution in [0.2, 0.25) is 0 Å². The van der Waals surface area contributed by atoms with Crippen molar-refractivity contribution in [3.05, 3.63) is 12.3 Å². The predicted octanol–water partition coefficient (Wildman–Crippen LogP) is 0.358. The Bertz CT molecular complexity index is 393. The molecule has 1 aromatic rings. The van der Waals surface area contributed by atoms with Crippen molar-refractivity contribution in [2.24, 2.45) is 0 Å². The molecule has 5 nitrogen and oxygen atoms in total. The topological polar surface area (TPSA) is 70.3 Å². The lowest BCUT2D eigenvalue weighted by Gasteiger charge is -2.32. The summed E-state index contributed by atoms with van der Waals surface area (Å²) in [5, 5.41) is 7.49. The molecule has 1 aromatic heterocycles. The molecule has 0 spiro atoms. The Balaban J connectivity index is 2.31. The standard InChI is InChI=1S/C10H16BN3O2/c1-9(2)10(3,4)16-11(15-9)7-5-6-13-14-8(7)12/h5-6H,1-4H3,(H2,12,14). The first kappa shape index (κ1) is 11.4. The van der Waals surface area contributed by atoms with Crippen molar-refractivity contribution in [3.8, 4) is 0 Å². The van der Waals surface area contributed by atoms with Crippen LogP contribution in [0.3, 0.4) is 0 Å². The van der Waals surface area contributed by atoms with Crippen LogP contribution in [-0.4, -0.2) is 28.5 Å². The Morgan fingerprint density at radius 2 is 1.75 bits per heavy atom. The van der Waals surface area contributed by atoms with Crippen LogP contribution in [0.15, 0.2) is 12.3 Å². The molecule has 0 bridgehead atoms. The summed E-state index contributed by atoms with van der Waals surface area (Å²) < 4.78 is 11.7. The zero-order valence-electron chi connectivity index (χ0n) is 10.0. The van der Waals surface area contributed by atoms with Crippen LogP contribution in [-0.2, 0) is 9.31 Å². The summed E-state index contributed by atoms with van der Waals surface area (Å²) in [5.74, 6) is 0.348. The average molecular weight is 221 g/mol. The molecule has 2 heterocycles. The molecule has 0 aliphatic carbocycles. The highest BCUT2D eigenvalue weighted by atomic mass is 16.7. The van der Waals surface area contributed by atoms with E-state index in [1.807, 2.05) is 27.7 Å². The lowest BCUT2D eigenvalue weighted by molar-refractivity contribution is 0.00578. The van der Waals surface area contributed by atoms with E-state index >= 15 is 0 Å². The fourth-order valence-electron chi connectivity index (χ4n) is 1.52. The van der Waals surface area contributed by atoms with E-state index in [2.05, 4.69) is 10.2 Å². The third-order valence-electron chi connectivity index (χ3n) is 3.29. The molecule has 1 aliphatic heterocycles. The van der Waals surface area contributed by atoms with E-state index in [1.165, 1.54) is 0 Å². The maximum absolute atomic E-state index is 5.86. The van der Waals surface area contributed by atoms with Crippen molar-refractivity contribution >= 4 is 18.4 Å². The van der Waals surface area contributed by atoms with Gasteiger partial charge in [-0.3, -0.25) is 0 Å². The van der Waals surface area contributed by atoms with Gasteiger partial charge in [-0.1, -0.05) is 0 Å². The fourth-order valence-corrected chi connectivity index (χ4v) is 1.52. The van der Waals surface area contributed by atoms with Crippen molar-refractivity contribution in [3.63, 3.8) is 0 Å². The summed E-state index contributed by atoms with van der Waals surface area (Å²) in [6.07, 6.45) is 1.58. The molecule has 1 saturated heterocycles. The van der Waals surface area contributed by atoms with Crippen LogP contribution in [0.25, 0.3) is 0 Å². The average Bonchev–Trinajstić information content (AvgIpc) is 2.36. The number of nitrogens with zero attached hydrogens (tertiary/aromatic N) is 2. The van der Waals surface area contributed by atoms with Crippen LogP contribution in [0.1, 0.15) is 27.7 Å². The molecule has 0 atom stereocenters. The highest BCUT2D eigenvalue weighted by molar-refractivity contribution is 6.63. The smallest absolute Gasteiger partial charge is 0.399 e. The molecule has 16 heavy (non-hydrogen) atoms. The third-order valence-corrected chi connectivity index (χ3v) is 3.29. The molecule has 0 aromatic carbocycles. The van der Waals surface area contributed by atoms with Crippen molar-refractivity contribution in [2.45, 2.75) is 38.9 Å². The maximum Gasteiger partial charge on any atom is 0.498 e. The molecule has 1 fully saturated rings. The van der Waals surface area contributed by atoms with Crippen molar-refractivity contribution in [1.29, 1.82) is 0 Å². The van der Waals surface area contributed by atoms with Gasteiger partial charge in [0.05, 0.1) is 11.2 Å². The van der Waals surface area contributed by atoms with E-state index in [0.29, 0.717) is 5.82 Å². The highest BCUT2D eigenvalue weighted by Crippen LogP contribution is 2.36. The molecule has 0 radical (unpaired) electrons. The van der Waals surface area contributed by atoms with Crippen LogP contribution < -0.4 is 11.2 Å². The summed E-state index contributed by atoms with van der Waals surface area (Å²) in [7, 11) is -0.472. The fraction of sp³-hybridized carbons (Fsp3) is 0.600. The van der Waals surface area contributed by atoms with Crippen LogP contribution in [0.4, 0.5) is 5.82 Å². The van der Waals surface area contributed by atoms with E-state index in [0.717, 1.165) is 5.46 Å². The summed E-state index contributed by atoms with van der Waals surface area (Å²) >= 11 is 0. The molecule has 2 rings (SSSR count). The Morgan fingerprint density at radius 3 is 2.25 bits per heavy atom. The van der Waals surface area contributed by atoms with Crippen LogP contribution in [0, 0.1) is 0 Å². The minimum Gasteiger partial charge on any atom is -0.399 e. The second kappa shape index (κ2) is 3.43. The van der Waals surface area contributed by atoms with Gasteiger partial charge in [0, 0.05) is 11.7 Å². The minimum atomic E-state index is -0.472. The molecule has 2 N–H and O–H groups in total. The molecule has 0 amide bonds. The van der Waals surface area contributed by atoms with Gasteiger partial charge in [0.15, 0.2) is 0 Å². The zero-order chi connectivity index (χ0) is 12.0. The molecule has 0 saturated carbocycles.